The van der Waals surface area contributed by atoms with Crippen LogP contribution in [0.25, 0.3) is 0 Å². The van der Waals surface area contributed by atoms with E-state index in [0.717, 1.165) is 12.8 Å². The molecule has 2 unspecified atom stereocenters. The van der Waals surface area contributed by atoms with Crippen molar-refractivity contribution in [1.29, 1.82) is 0 Å². The van der Waals surface area contributed by atoms with Crippen LogP contribution in [-0.4, -0.2) is 56.0 Å². The van der Waals surface area contributed by atoms with Gasteiger partial charge in [0.05, 0.1) is 25.8 Å². The number of hydrogen-bond acceptors (Lipinski definition) is 5. The van der Waals surface area contributed by atoms with Crippen LogP contribution in [0.3, 0.4) is 0 Å². The first kappa shape index (κ1) is 19.8. The monoisotopic (exact) mass is 362 g/mol. The van der Waals surface area contributed by atoms with E-state index in [9.17, 15) is 14.4 Å². The Labute approximate surface area is 153 Å². The van der Waals surface area contributed by atoms with Gasteiger partial charge >= 0.3 is 5.97 Å². The number of benzene rings is 1. The largest absolute Gasteiger partial charge is 0.497 e. The molecule has 7 heteroatoms. The van der Waals surface area contributed by atoms with Crippen LogP contribution in [0, 0.1) is 5.92 Å². The number of ether oxygens (including phenoxy) is 2. The quantitative estimate of drug-likeness (QED) is 0.781. The van der Waals surface area contributed by atoms with Gasteiger partial charge in [0.15, 0.2) is 0 Å². The van der Waals surface area contributed by atoms with Gasteiger partial charge < -0.3 is 19.7 Å². The molecule has 1 aliphatic rings. The standard InChI is InChI=1S/C19H26N2O5/c1-5-6-13-10-21(11-17(13)20-12(2)22)18(23)14-7-15(19(24)26-4)9-16(8-14)25-3/h7-9,13,17H,5-6,10-11H2,1-4H3,(H,20,22). The van der Waals surface area contributed by atoms with Gasteiger partial charge in [0, 0.05) is 25.6 Å². The van der Waals surface area contributed by atoms with Gasteiger partial charge in [0.2, 0.25) is 5.91 Å². The molecule has 1 fully saturated rings. The van der Waals surface area contributed by atoms with Gasteiger partial charge in [-0.25, -0.2) is 4.79 Å². The number of nitrogens with one attached hydrogen (secondary N) is 1. The molecule has 0 aliphatic carbocycles. The summed E-state index contributed by atoms with van der Waals surface area (Å²) in [5.74, 6) is -0.181. The van der Waals surface area contributed by atoms with Gasteiger partial charge in [-0.2, -0.15) is 0 Å². The lowest BCUT2D eigenvalue weighted by Gasteiger charge is -2.18. The van der Waals surface area contributed by atoms with E-state index in [0.29, 0.717) is 24.4 Å². The van der Waals surface area contributed by atoms with Gasteiger partial charge in [0.25, 0.3) is 5.91 Å². The summed E-state index contributed by atoms with van der Waals surface area (Å²) in [6.45, 7) is 4.59. The number of carbonyl (C=O) groups is 3. The summed E-state index contributed by atoms with van der Waals surface area (Å²) in [6, 6.07) is 4.60. The van der Waals surface area contributed by atoms with Crippen molar-refractivity contribution in [2.45, 2.75) is 32.7 Å². The molecule has 0 saturated carbocycles. The maximum atomic E-state index is 13.0. The molecule has 7 nitrogen and oxygen atoms in total. The van der Waals surface area contributed by atoms with E-state index >= 15 is 0 Å². The summed E-state index contributed by atoms with van der Waals surface area (Å²) in [4.78, 5) is 38.0. The van der Waals surface area contributed by atoms with E-state index < -0.39 is 5.97 Å². The van der Waals surface area contributed by atoms with Crippen LogP contribution in [0.5, 0.6) is 5.75 Å². The Hall–Kier alpha value is -2.57. The Morgan fingerprint density at radius 2 is 1.85 bits per heavy atom. The molecular formula is C19H26N2O5. The van der Waals surface area contributed by atoms with Crippen LogP contribution in [0.15, 0.2) is 18.2 Å². The fourth-order valence-electron chi connectivity index (χ4n) is 3.38. The predicted molar refractivity (Wildman–Crippen MR) is 96.2 cm³/mol. The third-order valence-corrected chi connectivity index (χ3v) is 4.59. The van der Waals surface area contributed by atoms with Crippen LogP contribution >= 0.6 is 0 Å². The highest BCUT2D eigenvalue weighted by molar-refractivity contribution is 5.98. The minimum atomic E-state index is -0.528. The molecule has 1 heterocycles. The molecule has 1 saturated heterocycles. The topological polar surface area (TPSA) is 84.9 Å². The van der Waals surface area contributed by atoms with Crippen LogP contribution in [0.2, 0.25) is 0 Å². The summed E-state index contributed by atoms with van der Waals surface area (Å²) < 4.78 is 9.94. The number of esters is 1. The average Bonchev–Trinajstić information content (AvgIpc) is 3.02. The van der Waals surface area contributed by atoms with E-state index in [2.05, 4.69) is 12.2 Å². The highest BCUT2D eigenvalue weighted by atomic mass is 16.5. The molecule has 142 valence electrons. The average molecular weight is 362 g/mol. The summed E-state index contributed by atoms with van der Waals surface area (Å²) in [5.41, 5.74) is 0.626. The lowest BCUT2D eigenvalue weighted by molar-refractivity contribution is -0.119. The fourth-order valence-corrected chi connectivity index (χ4v) is 3.38. The molecule has 1 N–H and O–H groups in total. The first-order chi connectivity index (χ1) is 12.4. The Balaban J connectivity index is 2.25. The van der Waals surface area contributed by atoms with Crippen molar-refractivity contribution in [3.05, 3.63) is 29.3 Å². The maximum Gasteiger partial charge on any atom is 0.338 e. The summed E-state index contributed by atoms with van der Waals surface area (Å²) in [5, 5.41) is 2.94. The van der Waals surface area contributed by atoms with Crippen molar-refractivity contribution in [3.63, 3.8) is 0 Å². The van der Waals surface area contributed by atoms with Crippen molar-refractivity contribution in [1.82, 2.24) is 10.2 Å². The third-order valence-electron chi connectivity index (χ3n) is 4.59. The highest BCUT2D eigenvalue weighted by Crippen LogP contribution is 2.25. The van der Waals surface area contributed by atoms with E-state index in [-0.39, 0.29) is 29.3 Å². The van der Waals surface area contributed by atoms with Gasteiger partial charge in [0.1, 0.15) is 5.75 Å². The minimum Gasteiger partial charge on any atom is -0.497 e. The summed E-state index contributed by atoms with van der Waals surface area (Å²) >= 11 is 0. The number of rotatable bonds is 6. The van der Waals surface area contributed by atoms with Crippen LogP contribution < -0.4 is 10.1 Å². The number of methoxy groups -OCH3 is 2. The zero-order chi connectivity index (χ0) is 19.3. The molecular weight excluding hydrogens is 336 g/mol. The zero-order valence-electron chi connectivity index (χ0n) is 15.7. The number of nitrogens with zero attached hydrogens (tertiary/aromatic N) is 1. The van der Waals surface area contributed by atoms with Gasteiger partial charge in [-0.05, 0) is 30.5 Å². The number of likely N-dealkylation sites (tertiary alicyclic amines) is 1. The molecule has 1 aliphatic heterocycles. The smallest absolute Gasteiger partial charge is 0.338 e. The van der Waals surface area contributed by atoms with Crippen molar-refractivity contribution < 1.29 is 23.9 Å². The SMILES string of the molecule is CCCC1CN(C(=O)c2cc(OC)cc(C(=O)OC)c2)CC1NC(C)=O. The third kappa shape index (κ3) is 4.53. The molecule has 0 aromatic heterocycles. The van der Waals surface area contributed by atoms with Crippen molar-refractivity contribution in [2.75, 3.05) is 27.3 Å². The Morgan fingerprint density at radius 1 is 1.15 bits per heavy atom. The second-order valence-corrected chi connectivity index (χ2v) is 6.51. The van der Waals surface area contributed by atoms with E-state index in [1.165, 1.54) is 33.3 Å². The lowest BCUT2D eigenvalue weighted by atomic mass is 9.98. The second-order valence-electron chi connectivity index (χ2n) is 6.51. The minimum absolute atomic E-state index is 0.0536. The summed E-state index contributed by atoms with van der Waals surface area (Å²) in [7, 11) is 2.77. The number of amides is 2. The molecule has 0 radical (unpaired) electrons. The van der Waals surface area contributed by atoms with Crippen LogP contribution in [-0.2, 0) is 9.53 Å². The molecule has 0 spiro atoms. The van der Waals surface area contributed by atoms with E-state index in [1.807, 2.05) is 0 Å². The van der Waals surface area contributed by atoms with Gasteiger partial charge in [-0.15, -0.1) is 0 Å². The molecule has 2 atom stereocenters. The Bertz CT molecular complexity index is 689. The molecule has 1 aromatic carbocycles. The van der Waals surface area contributed by atoms with Crippen molar-refractivity contribution in [3.8, 4) is 5.75 Å². The predicted octanol–water partition coefficient (Wildman–Crippen LogP) is 1.86. The molecule has 1 aromatic rings. The van der Waals surface area contributed by atoms with E-state index in [1.54, 1.807) is 11.0 Å². The first-order valence-electron chi connectivity index (χ1n) is 8.73. The van der Waals surface area contributed by atoms with E-state index in [4.69, 9.17) is 9.47 Å². The Morgan fingerprint density at radius 3 is 2.42 bits per heavy atom. The molecule has 2 rings (SSSR count). The normalized spacial score (nSPS) is 19.2. The van der Waals surface area contributed by atoms with Crippen molar-refractivity contribution >= 4 is 17.8 Å². The number of carbonyl (C=O) groups excluding carboxylic acids is 3. The van der Waals surface area contributed by atoms with Crippen LogP contribution in [0.1, 0.15) is 47.4 Å². The number of hydrogen-bond donors (Lipinski definition) is 1. The molecule has 26 heavy (non-hydrogen) atoms. The zero-order valence-corrected chi connectivity index (χ0v) is 15.7. The second kappa shape index (κ2) is 8.69. The Kier molecular flexibility index (Phi) is 6.60. The van der Waals surface area contributed by atoms with Gasteiger partial charge in [-0.3, -0.25) is 9.59 Å². The highest BCUT2D eigenvalue weighted by Gasteiger charge is 2.35. The van der Waals surface area contributed by atoms with Crippen molar-refractivity contribution in [2.24, 2.45) is 5.92 Å². The fraction of sp³-hybridized carbons (Fsp3) is 0.526. The lowest BCUT2D eigenvalue weighted by Crippen LogP contribution is -2.39. The molecule has 0 bridgehead atoms. The van der Waals surface area contributed by atoms with Gasteiger partial charge in [-0.1, -0.05) is 13.3 Å². The summed E-state index contributed by atoms with van der Waals surface area (Å²) in [6.07, 6.45) is 1.91. The molecule has 2 amide bonds. The maximum absolute atomic E-state index is 13.0. The first-order valence-corrected chi connectivity index (χ1v) is 8.73. The van der Waals surface area contributed by atoms with Crippen LogP contribution in [0.4, 0.5) is 0 Å².